The van der Waals surface area contributed by atoms with Gasteiger partial charge in [-0.1, -0.05) is 12.1 Å². The van der Waals surface area contributed by atoms with Crippen LogP contribution in [0.25, 0.3) is 0 Å². The van der Waals surface area contributed by atoms with Crippen LogP contribution in [0.5, 0.6) is 0 Å². The van der Waals surface area contributed by atoms with Crippen molar-refractivity contribution >= 4 is 12.4 Å². The average Bonchev–Trinajstić information content (AvgIpc) is 2.72. The highest BCUT2D eigenvalue weighted by Crippen LogP contribution is 2.05. The van der Waals surface area contributed by atoms with Crippen LogP contribution in [-0.4, -0.2) is 86.6 Å². The molecule has 0 atom stereocenters. The summed E-state index contributed by atoms with van der Waals surface area (Å²) in [4.78, 5) is 22.8. The number of aromatic nitrogens is 2. The summed E-state index contributed by atoms with van der Waals surface area (Å²) in [6, 6.07) is 12.2. The summed E-state index contributed by atoms with van der Waals surface area (Å²) >= 11 is 0. The van der Waals surface area contributed by atoms with E-state index in [0.717, 1.165) is 74.6 Å². The van der Waals surface area contributed by atoms with Gasteiger partial charge < -0.3 is 9.80 Å². The molecule has 0 fully saturated rings. The Bertz CT molecular complexity index is 730. The van der Waals surface area contributed by atoms with Gasteiger partial charge in [-0.3, -0.25) is 20.0 Å². The Kier molecular flexibility index (Phi) is 10.9. The van der Waals surface area contributed by atoms with Crippen LogP contribution in [0.15, 0.2) is 46.4 Å². The van der Waals surface area contributed by atoms with E-state index in [-0.39, 0.29) is 0 Å². The monoisotopic (exact) mass is 408 g/mol. The number of nitrogens with zero attached hydrogens (tertiary/aromatic N) is 6. The zero-order chi connectivity index (χ0) is 21.6. The summed E-state index contributed by atoms with van der Waals surface area (Å²) in [5.74, 6) is 0. The first-order valence-corrected chi connectivity index (χ1v) is 10.7. The normalized spacial score (nSPS) is 12.1. The van der Waals surface area contributed by atoms with Gasteiger partial charge in [-0.15, -0.1) is 0 Å². The first-order chi connectivity index (χ1) is 14.5. The minimum Gasteiger partial charge on any atom is -0.309 e. The molecule has 30 heavy (non-hydrogen) atoms. The molecule has 2 aromatic heterocycles. The highest BCUT2D eigenvalue weighted by Gasteiger charge is 2.01. The van der Waals surface area contributed by atoms with Crippen molar-refractivity contribution in [3.63, 3.8) is 0 Å². The molecule has 0 amide bonds. The van der Waals surface area contributed by atoms with E-state index in [9.17, 15) is 0 Å². The zero-order valence-electron chi connectivity index (χ0n) is 19.0. The Hall–Kier alpha value is -2.44. The van der Waals surface area contributed by atoms with E-state index >= 15 is 0 Å². The van der Waals surface area contributed by atoms with Crippen LogP contribution in [-0.2, 0) is 12.8 Å². The van der Waals surface area contributed by atoms with Crippen molar-refractivity contribution in [3.05, 3.63) is 59.2 Å². The molecule has 0 spiro atoms. The maximum atomic E-state index is 4.71. The number of aryl methyl sites for hydroxylation is 2. The van der Waals surface area contributed by atoms with Crippen molar-refractivity contribution in [2.45, 2.75) is 25.7 Å². The molecule has 2 rings (SSSR count). The largest absolute Gasteiger partial charge is 0.309 e. The van der Waals surface area contributed by atoms with Gasteiger partial charge in [-0.25, -0.2) is 0 Å². The first-order valence-electron chi connectivity index (χ1n) is 10.7. The Morgan fingerprint density at radius 1 is 0.700 bits per heavy atom. The van der Waals surface area contributed by atoms with Gasteiger partial charge in [0.15, 0.2) is 0 Å². The van der Waals surface area contributed by atoms with Crippen LogP contribution >= 0.6 is 0 Å². The second-order valence-electron chi connectivity index (χ2n) is 7.99. The Morgan fingerprint density at radius 2 is 1.13 bits per heavy atom. The number of pyridine rings is 2. The lowest BCUT2D eigenvalue weighted by atomic mass is 10.1. The summed E-state index contributed by atoms with van der Waals surface area (Å²) in [6.07, 6.45) is 7.60. The molecule has 6 heteroatoms. The third kappa shape index (κ3) is 10.4. The van der Waals surface area contributed by atoms with Crippen LogP contribution < -0.4 is 0 Å². The van der Waals surface area contributed by atoms with Gasteiger partial charge >= 0.3 is 0 Å². The van der Waals surface area contributed by atoms with Gasteiger partial charge in [0.25, 0.3) is 0 Å². The van der Waals surface area contributed by atoms with Gasteiger partial charge in [0, 0.05) is 36.9 Å². The van der Waals surface area contributed by atoms with Gasteiger partial charge in [0.2, 0.25) is 0 Å². The van der Waals surface area contributed by atoms with Crippen LogP contribution in [0.1, 0.15) is 35.6 Å². The van der Waals surface area contributed by atoms with Gasteiger partial charge in [0.05, 0.1) is 11.4 Å². The van der Waals surface area contributed by atoms with Crippen LogP contribution in [0.3, 0.4) is 0 Å². The standard InChI is InChI=1S/C24H36N6/c1-29(2)17-7-15-25-19-23-11-5-9-21(27-23)13-14-22-10-6-12-24(28-22)20-26-16-8-18-30(3)4/h5-6,9-12,19-20H,7-8,13-18H2,1-4H3. The minimum absolute atomic E-state index is 0.831. The molecule has 0 radical (unpaired) electrons. The summed E-state index contributed by atoms with van der Waals surface area (Å²) in [7, 11) is 8.33. The summed E-state index contributed by atoms with van der Waals surface area (Å²) < 4.78 is 0. The van der Waals surface area contributed by atoms with Gasteiger partial charge in [-0.2, -0.15) is 0 Å². The molecule has 2 heterocycles. The molecule has 0 aliphatic heterocycles. The van der Waals surface area contributed by atoms with E-state index in [2.05, 4.69) is 60.1 Å². The van der Waals surface area contributed by atoms with Crippen molar-refractivity contribution < 1.29 is 0 Å². The van der Waals surface area contributed by atoms with Gasteiger partial charge in [0.1, 0.15) is 0 Å². The average molecular weight is 409 g/mol. The molecular formula is C24H36N6. The molecule has 2 aromatic rings. The van der Waals surface area contributed by atoms with Crippen LogP contribution in [0, 0.1) is 0 Å². The second-order valence-corrected chi connectivity index (χ2v) is 7.99. The molecule has 0 unspecified atom stereocenters. The third-order valence-corrected chi connectivity index (χ3v) is 4.53. The SMILES string of the molecule is CN(C)CCCN=Cc1cccc(CCc2cccc(C=NCCCN(C)C)n2)n1. The highest BCUT2D eigenvalue weighted by molar-refractivity contribution is 5.77. The molecule has 0 aromatic carbocycles. The van der Waals surface area contributed by atoms with Crippen LogP contribution in [0.4, 0.5) is 0 Å². The first kappa shape index (κ1) is 23.8. The number of hydrogen-bond donors (Lipinski definition) is 0. The summed E-state index contributed by atoms with van der Waals surface area (Å²) in [5.41, 5.74) is 3.97. The smallest absolute Gasteiger partial charge is 0.0811 e. The lowest BCUT2D eigenvalue weighted by Crippen LogP contribution is -2.13. The molecule has 0 saturated heterocycles. The number of hydrogen-bond acceptors (Lipinski definition) is 6. The number of aliphatic imine (C=N–C) groups is 2. The maximum absolute atomic E-state index is 4.71. The molecule has 0 saturated carbocycles. The highest BCUT2D eigenvalue weighted by atomic mass is 15.1. The van der Waals surface area contributed by atoms with Crippen molar-refractivity contribution in [2.75, 3.05) is 54.4 Å². The fourth-order valence-corrected chi connectivity index (χ4v) is 2.95. The maximum Gasteiger partial charge on any atom is 0.0811 e. The topological polar surface area (TPSA) is 57.0 Å². The lowest BCUT2D eigenvalue weighted by Gasteiger charge is -2.06. The zero-order valence-corrected chi connectivity index (χ0v) is 19.0. The number of rotatable bonds is 13. The Balaban J connectivity index is 1.82. The molecule has 0 aliphatic carbocycles. The van der Waals surface area contributed by atoms with E-state index < -0.39 is 0 Å². The lowest BCUT2D eigenvalue weighted by molar-refractivity contribution is 0.403. The predicted octanol–water partition coefficient (Wildman–Crippen LogP) is 3.00. The van der Waals surface area contributed by atoms with Crippen molar-refractivity contribution in [1.29, 1.82) is 0 Å². The Morgan fingerprint density at radius 3 is 1.53 bits per heavy atom. The van der Waals surface area contributed by atoms with Crippen LogP contribution in [0.2, 0.25) is 0 Å². The third-order valence-electron chi connectivity index (χ3n) is 4.53. The second kappa shape index (κ2) is 13.7. The van der Waals surface area contributed by atoms with Gasteiger partial charge in [-0.05, 0) is 91.2 Å². The summed E-state index contributed by atoms with van der Waals surface area (Å²) in [5, 5.41) is 0. The molecule has 0 aliphatic rings. The van der Waals surface area contributed by atoms with Crippen molar-refractivity contribution in [2.24, 2.45) is 9.98 Å². The van der Waals surface area contributed by atoms with E-state index in [4.69, 9.17) is 9.97 Å². The Labute approximate surface area is 181 Å². The fourth-order valence-electron chi connectivity index (χ4n) is 2.95. The summed E-state index contributed by atoms with van der Waals surface area (Å²) in [6.45, 7) is 3.77. The minimum atomic E-state index is 0.831. The quantitative estimate of drug-likeness (QED) is 0.378. The molecule has 162 valence electrons. The van der Waals surface area contributed by atoms with E-state index in [1.807, 2.05) is 36.7 Å². The molecule has 6 nitrogen and oxygen atoms in total. The van der Waals surface area contributed by atoms with E-state index in [0.29, 0.717) is 0 Å². The molecular weight excluding hydrogens is 372 g/mol. The van der Waals surface area contributed by atoms with E-state index in [1.54, 1.807) is 0 Å². The van der Waals surface area contributed by atoms with Crippen molar-refractivity contribution in [1.82, 2.24) is 19.8 Å². The van der Waals surface area contributed by atoms with E-state index in [1.165, 1.54) is 0 Å². The fraction of sp³-hybridized carbons (Fsp3) is 0.500. The molecule has 0 N–H and O–H groups in total. The van der Waals surface area contributed by atoms with Crippen molar-refractivity contribution in [3.8, 4) is 0 Å². The predicted molar refractivity (Wildman–Crippen MR) is 127 cm³/mol. The molecule has 0 bridgehead atoms.